The van der Waals surface area contributed by atoms with Gasteiger partial charge in [-0.1, -0.05) is 228 Å². The summed E-state index contributed by atoms with van der Waals surface area (Å²) in [4.78, 5) is 17.4. The lowest BCUT2D eigenvalue weighted by Crippen LogP contribution is -2.27. The van der Waals surface area contributed by atoms with Crippen LogP contribution in [0.5, 0.6) is 0 Å². The molecule has 0 saturated heterocycles. The SMILES string of the molecule is CC1(C)c2ccccc2-c2c(-c3nc(-c4cccc5c4-c4ccccc4C5(C)C)nc(-n4c5ccccc5c5c6ccccc6c6c(c54)C4(c5ccccc5-c5ccccc54)c4ccccc4-6)n3)cccc21. The highest BCUT2D eigenvalue weighted by Gasteiger charge is 2.54. The number of nitrogens with zero attached hydrogens (tertiary/aromatic N) is 4. The fourth-order valence-electron chi connectivity index (χ4n) is 14.3. The molecule has 10 aromatic carbocycles. The number of benzene rings is 10. The fraction of sp³-hybridized carbons (Fsp3) is 0.103. The molecule has 0 amide bonds. The molecule has 0 fully saturated rings. The summed E-state index contributed by atoms with van der Waals surface area (Å²) >= 11 is 0. The Balaban J connectivity index is 1.10. The van der Waals surface area contributed by atoms with Gasteiger partial charge in [0.05, 0.1) is 16.4 Å². The molecule has 2 heterocycles. The van der Waals surface area contributed by atoms with Crippen molar-refractivity contribution >= 4 is 32.6 Å². The second-order valence-corrected chi connectivity index (χ2v) is 21.3. The van der Waals surface area contributed by atoms with Crippen LogP contribution in [0.3, 0.4) is 0 Å². The van der Waals surface area contributed by atoms with Gasteiger partial charge in [-0.25, -0.2) is 4.98 Å². The molecule has 4 heteroatoms. The molecule has 4 aliphatic rings. The van der Waals surface area contributed by atoms with Crippen molar-refractivity contribution in [3.05, 3.63) is 251 Å². The van der Waals surface area contributed by atoms with Crippen LogP contribution < -0.4 is 0 Å². The second kappa shape index (κ2) is 13.8. The normalized spacial score (nSPS) is 15.3. The van der Waals surface area contributed by atoms with Gasteiger partial charge in [0.2, 0.25) is 5.95 Å². The minimum absolute atomic E-state index is 0.207. The lowest BCUT2D eigenvalue weighted by atomic mass is 9.70. The van der Waals surface area contributed by atoms with Gasteiger partial charge in [-0.2, -0.15) is 9.97 Å². The minimum atomic E-state index is -0.642. The molecule has 4 aliphatic carbocycles. The Hall–Kier alpha value is -8.73. The third-order valence-corrected chi connectivity index (χ3v) is 17.3. The quantitative estimate of drug-likeness (QED) is 0.177. The summed E-state index contributed by atoms with van der Waals surface area (Å²) in [6, 6.07) is 76.5. The number of aromatic nitrogens is 4. The highest BCUT2D eigenvalue weighted by Crippen LogP contribution is 2.66. The molecule has 0 aliphatic heterocycles. The Morgan fingerprint density at radius 2 is 0.708 bits per heavy atom. The van der Waals surface area contributed by atoms with E-state index in [-0.39, 0.29) is 10.8 Å². The molecule has 16 rings (SSSR count). The van der Waals surface area contributed by atoms with Gasteiger partial charge in [0, 0.05) is 38.3 Å². The van der Waals surface area contributed by atoms with Gasteiger partial charge in [0.1, 0.15) is 0 Å². The molecule has 2 aromatic heterocycles. The molecule has 1 spiro atoms. The summed E-state index contributed by atoms with van der Waals surface area (Å²) in [6.07, 6.45) is 0. The lowest BCUT2D eigenvalue weighted by Gasteiger charge is -2.31. The Labute approximate surface area is 418 Å². The molecule has 0 unspecified atom stereocenters. The molecule has 12 aromatic rings. The zero-order chi connectivity index (χ0) is 47.8. The van der Waals surface area contributed by atoms with E-state index in [2.05, 4.69) is 239 Å². The van der Waals surface area contributed by atoms with Crippen LogP contribution in [-0.2, 0) is 16.2 Å². The number of rotatable bonds is 3. The Bertz CT molecular complexity index is 4240. The highest BCUT2D eigenvalue weighted by molar-refractivity contribution is 6.27. The number of hydrogen-bond acceptors (Lipinski definition) is 3. The second-order valence-electron chi connectivity index (χ2n) is 21.3. The van der Waals surface area contributed by atoms with Crippen molar-refractivity contribution in [2.24, 2.45) is 0 Å². The molecular weight excluding hydrogens is 873 g/mol. The maximum absolute atomic E-state index is 5.84. The first-order chi connectivity index (χ1) is 35.3. The zero-order valence-corrected chi connectivity index (χ0v) is 40.4. The molecular formula is C68H46N4. The van der Waals surface area contributed by atoms with Crippen molar-refractivity contribution in [2.75, 3.05) is 0 Å². The number of hydrogen-bond donors (Lipinski definition) is 0. The van der Waals surface area contributed by atoms with E-state index < -0.39 is 5.41 Å². The summed E-state index contributed by atoms with van der Waals surface area (Å²) in [6.45, 7) is 9.37. The molecule has 0 N–H and O–H groups in total. The van der Waals surface area contributed by atoms with Gasteiger partial charge in [0.25, 0.3) is 0 Å². The van der Waals surface area contributed by atoms with E-state index in [1.165, 1.54) is 105 Å². The van der Waals surface area contributed by atoms with Crippen LogP contribution in [0.1, 0.15) is 72.2 Å². The third kappa shape index (κ3) is 4.76. The summed E-state index contributed by atoms with van der Waals surface area (Å²) in [5.74, 6) is 1.90. The first kappa shape index (κ1) is 40.0. The van der Waals surface area contributed by atoms with Gasteiger partial charge in [-0.3, -0.25) is 4.57 Å². The first-order valence-corrected chi connectivity index (χ1v) is 25.3. The van der Waals surface area contributed by atoms with E-state index in [4.69, 9.17) is 15.0 Å². The largest absolute Gasteiger partial charge is 0.277 e. The Morgan fingerprint density at radius 3 is 1.25 bits per heavy atom. The van der Waals surface area contributed by atoms with Gasteiger partial charge in [-0.15, -0.1) is 0 Å². The van der Waals surface area contributed by atoms with E-state index >= 15 is 0 Å². The summed E-state index contributed by atoms with van der Waals surface area (Å²) in [5.41, 5.74) is 23.4. The van der Waals surface area contributed by atoms with E-state index in [9.17, 15) is 0 Å². The van der Waals surface area contributed by atoms with Gasteiger partial charge < -0.3 is 0 Å². The van der Waals surface area contributed by atoms with E-state index in [0.717, 1.165) is 27.5 Å². The summed E-state index contributed by atoms with van der Waals surface area (Å²) in [7, 11) is 0. The first-order valence-electron chi connectivity index (χ1n) is 25.3. The summed E-state index contributed by atoms with van der Waals surface area (Å²) < 4.78 is 2.42. The monoisotopic (exact) mass is 918 g/mol. The van der Waals surface area contributed by atoms with E-state index in [0.29, 0.717) is 17.6 Å². The standard InChI is InChI=1S/C68H46N4/c1-66(2)49-31-13-9-25-43(49)57-47(29-19-36-54(57)66)63-69-64(48-30-20-37-55-58(48)44-26-10-14-32-50(44)67(55,3)4)71-65(70-63)72-56-38-18-12-28-46(56)60-42-24-6-5-23-41(42)59-45-27-11-17-35-53(45)68(61(59)62(60)72)51-33-15-7-21-39(51)40-22-8-16-34-52(40)68/h5-38H,1-4H3. The van der Waals surface area contributed by atoms with Crippen molar-refractivity contribution in [3.8, 4) is 73.2 Å². The Kier molecular flexibility index (Phi) is 7.66. The molecule has 0 bridgehead atoms. The molecule has 72 heavy (non-hydrogen) atoms. The third-order valence-electron chi connectivity index (χ3n) is 17.3. The van der Waals surface area contributed by atoms with Crippen LogP contribution in [0.4, 0.5) is 0 Å². The lowest BCUT2D eigenvalue weighted by molar-refractivity contribution is 0.660. The maximum Gasteiger partial charge on any atom is 0.238 e. The van der Waals surface area contributed by atoms with Crippen molar-refractivity contribution in [3.63, 3.8) is 0 Å². The topological polar surface area (TPSA) is 43.6 Å². The van der Waals surface area contributed by atoms with E-state index in [1.54, 1.807) is 0 Å². The minimum Gasteiger partial charge on any atom is -0.277 e. The van der Waals surface area contributed by atoms with Crippen molar-refractivity contribution in [1.29, 1.82) is 0 Å². The molecule has 0 radical (unpaired) electrons. The van der Waals surface area contributed by atoms with Crippen LogP contribution in [0.2, 0.25) is 0 Å². The fourth-order valence-corrected chi connectivity index (χ4v) is 14.3. The molecule has 0 saturated carbocycles. The molecule has 4 nitrogen and oxygen atoms in total. The van der Waals surface area contributed by atoms with Crippen LogP contribution in [-0.4, -0.2) is 19.5 Å². The van der Waals surface area contributed by atoms with E-state index in [1.807, 2.05) is 0 Å². The van der Waals surface area contributed by atoms with Crippen molar-refractivity contribution in [1.82, 2.24) is 19.5 Å². The van der Waals surface area contributed by atoms with Crippen LogP contribution in [0.25, 0.3) is 106 Å². The van der Waals surface area contributed by atoms with Crippen molar-refractivity contribution in [2.45, 2.75) is 43.9 Å². The Morgan fingerprint density at radius 1 is 0.319 bits per heavy atom. The van der Waals surface area contributed by atoms with Crippen LogP contribution >= 0.6 is 0 Å². The van der Waals surface area contributed by atoms with Gasteiger partial charge in [0.15, 0.2) is 11.6 Å². The number of para-hydroxylation sites is 1. The molecule has 0 atom stereocenters. The van der Waals surface area contributed by atoms with Gasteiger partial charge in [-0.05, 0) is 100 Å². The van der Waals surface area contributed by atoms with Crippen molar-refractivity contribution < 1.29 is 0 Å². The highest BCUT2D eigenvalue weighted by atomic mass is 15.2. The van der Waals surface area contributed by atoms with Crippen LogP contribution in [0, 0.1) is 0 Å². The predicted octanol–water partition coefficient (Wildman–Crippen LogP) is 16.4. The van der Waals surface area contributed by atoms with Gasteiger partial charge >= 0.3 is 0 Å². The average Bonchev–Trinajstić information content (AvgIpc) is 4.17. The molecule has 338 valence electrons. The maximum atomic E-state index is 5.84. The zero-order valence-electron chi connectivity index (χ0n) is 40.4. The summed E-state index contributed by atoms with van der Waals surface area (Å²) in [5, 5.41) is 4.81. The smallest absolute Gasteiger partial charge is 0.238 e. The average molecular weight is 919 g/mol. The van der Waals surface area contributed by atoms with Crippen LogP contribution in [0.15, 0.2) is 206 Å². The number of fused-ring (bicyclic) bond motifs is 23. The predicted molar refractivity (Wildman–Crippen MR) is 294 cm³/mol.